The van der Waals surface area contributed by atoms with Gasteiger partial charge in [0.05, 0.1) is 34.9 Å². The highest BCUT2D eigenvalue weighted by molar-refractivity contribution is 7.19. The van der Waals surface area contributed by atoms with Gasteiger partial charge in [-0.05, 0) is 42.0 Å². The molecule has 2 aromatic carbocycles. The smallest absolute Gasteiger partial charge is 0.337 e. The van der Waals surface area contributed by atoms with Crippen molar-refractivity contribution < 1.29 is 14.3 Å². The first-order chi connectivity index (χ1) is 14.7. The standard InChI is InChI=1S/C22H16ClN3O3S/c1-28-22(27)14-6-7-15-18(10-14)29-9-8-13-11-19(30-20(13)15)21-25-24-12-26(21)17-5-3-2-4-16(17)23/h2-7,10-12H,8-9H2,1H3. The predicted molar refractivity (Wildman–Crippen MR) is 116 cm³/mol. The summed E-state index contributed by atoms with van der Waals surface area (Å²) in [4.78, 5) is 14.0. The number of esters is 1. The Balaban J connectivity index is 1.60. The highest BCUT2D eigenvalue weighted by Crippen LogP contribution is 2.44. The molecule has 8 heteroatoms. The van der Waals surface area contributed by atoms with Crippen LogP contribution in [0.5, 0.6) is 5.75 Å². The Labute approximate surface area is 181 Å². The Morgan fingerprint density at radius 2 is 2.10 bits per heavy atom. The first kappa shape index (κ1) is 18.8. The number of ether oxygens (including phenoxy) is 2. The summed E-state index contributed by atoms with van der Waals surface area (Å²) in [7, 11) is 1.37. The molecule has 6 nitrogen and oxygen atoms in total. The number of hydrogen-bond donors (Lipinski definition) is 0. The minimum atomic E-state index is -0.384. The molecule has 30 heavy (non-hydrogen) atoms. The number of para-hydroxylation sites is 1. The van der Waals surface area contributed by atoms with Crippen LogP contribution in [0.1, 0.15) is 15.9 Å². The third-order valence-corrected chi connectivity index (χ3v) is 6.49. The fourth-order valence-corrected chi connectivity index (χ4v) is 4.97. The Morgan fingerprint density at radius 3 is 2.93 bits per heavy atom. The van der Waals surface area contributed by atoms with Crippen LogP contribution in [0.2, 0.25) is 5.02 Å². The van der Waals surface area contributed by atoms with Gasteiger partial charge in [0.1, 0.15) is 12.1 Å². The largest absolute Gasteiger partial charge is 0.493 e. The first-order valence-electron chi connectivity index (χ1n) is 9.29. The number of halogens is 1. The lowest BCUT2D eigenvalue weighted by Gasteiger charge is -2.09. The fourth-order valence-electron chi connectivity index (χ4n) is 3.52. The van der Waals surface area contributed by atoms with E-state index in [0.717, 1.165) is 33.3 Å². The molecule has 5 rings (SSSR count). The molecule has 4 aromatic rings. The molecule has 0 saturated heterocycles. The minimum absolute atomic E-state index is 0.384. The zero-order chi connectivity index (χ0) is 20.7. The van der Waals surface area contributed by atoms with Crippen LogP contribution in [0.15, 0.2) is 54.9 Å². The Morgan fingerprint density at radius 1 is 1.23 bits per heavy atom. The van der Waals surface area contributed by atoms with E-state index in [0.29, 0.717) is 22.9 Å². The fraction of sp³-hybridized carbons (Fsp3) is 0.136. The number of benzene rings is 2. The van der Waals surface area contributed by atoms with Crippen LogP contribution >= 0.6 is 22.9 Å². The summed E-state index contributed by atoms with van der Waals surface area (Å²) in [5.41, 5.74) is 3.42. The average molecular weight is 438 g/mol. The highest BCUT2D eigenvalue weighted by Gasteiger charge is 2.23. The lowest BCUT2D eigenvalue weighted by Crippen LogP contribution is -2.03. The van der Waals surface area contributed by atoms with Crippen LogP contribution in [-0.4, -0.2) is 34.5 Å². The third-order valence-electron chi connectivity index (χ3n) is 4.97. The normalized spacial score (nSPS) is 12.5. The molecule has 1 aliphatic rings. The Hall–Kier alpha value is -3.16. The molecule has 0 fully saturated rings. The molecule has 0 amide bonds. The van der Waals surface area contributed by atoms with E-state index in [2.05, 4.69) is 16.3 Å². The molecule has 150 valence electrons. The summed E-state index contributed by atoms with van der Waals surface area (Å²) >= 11 is 8.01. The van der Waals surface area contributed by atoms with E-state index in [-0.39, 0.29) is 5.97 Å². The molecule has 0 aliphatic carbocycles. The summed E-state index contributed by atoms with van der Waals surface area (Å²) in [5, 5.41) is 9.09. The molecule has 3 heterocycles. The molecule has 2 aromatic heterocycles. The SMILES string of the molecule is COC(=O)c1ccc2c(c1)OCCc1cc(-c3nncn3-c3ccccc3Cl)sc1-2. The quantitative estimate of drug-likeness (QED) is 0.420. The summed E-state index contributed by atoms with van der Waals surface area (Å²) < 4.78 is 12.6. The molecule has 0 unspecified atom stereocenters. The molecule has 0 saturated carbocycles. The van der Waals surface area contributed by atoms with Crippen molar-refractivity contribution in [2.24, 2.45) is 0 Å². The molecule has 0 spiro atoms. The van der Waals surface area contributed by atoms with E-state index in [1.807, 2.05) is 34.9 Å². The lowest BCUT2D eigenvalue weighted by molar-refractivity contribution is 0.0600. The average Bonchev–Trinajstić information content (AvgIpc) is 3.37. The van der Waals surface area contributed by atoms with Gasteiger partial charge in [0, 0.05) is 16.9 Å². The molecule has 1 aliphatic heterocycles. The molecule has 0 N–H and O–H groups in total. The van der Waals surface area contributed by atoms with Gasteiger partial charge < -0.3 is 9.47 Å². The maximum atomic E-state index is 11.9. The number of aromatic nitrogens is 3. The number of carbonyl (C=O) groups is 1. The van der Waals surface area contributed by atoms with Crippen LogP contribution in [0.25, 0.3) is 26.8 Å². The predicted octanol–water partition coefficient (Wildman–Crippen LogP) is 5.04. The van der Waals surface area contributed by atoms with Gasteiger partial charge >= 0.3 is 5.97 Å². The van der Waals surface area contributed by atoms with Gasteiger partial charge in [0.25, 0.3) is 0 Å². The van der Waals surface area contributed by atoms with Crippen molar-refractivity contribution in [3.63, 3.8) is 0 Å². The zero-order valence-corrected chi connectivity index (χ0v) is 17.5. The number of hydrogen-bond acceptors (Lipinski definition) is 6. The second-order valence-corrected chi connectivity index (χ2v) is 8.20. The Bertz CT molecular complexity index is 1260. The van der Waals surface area contributed by atoms with Crippen molar-refractivity contribution in [2.75, 3.05) is 13.7 Å². The second kappa shape index (κ2) is 7.59. The van der Waals surface area contributed by atoms with Crippen LogP contribution in [0, 0.1) is 0 Å². The van der Waals surface area contributed by atoms with Gasteiger partial charge in [-0.3, -0.25) is 4.57 Å². The van der Waals surface area contributed by atoms with Crippen LogP contribution in [0.3, 0.4) is 0 Å². The summed E-state index contributed by atoms with van der Waals surface area (Å²) in [6.45, 7) is 0.526. The maximum absolute atomic E-state index is 11.9. The monoisotopic (exact) mass is 437 g/mol. The number of thiophene rings is 1. The van der Waals surface area contributed by atoms with E-state index in [9.17, 15) is 4.79 Å². The topological polar surface area (TPSA) is 66.2 Å². The number of methoxy groups -OCH3 is 1. The number of rotatable bonds is 3. The molecule has 0 bridgehead atoms. The van der Waals surface area contributed by atoms with Crippen molar-refractivity contribution in [2.45, 2.75) is 6.42 Å². The number of carbonyl (C=O) groups excluding carboxylic acids is 1. The van der Waals surface area contributed by atoms with Crippen LogP contribution in [-0.2, 0) is 11.2 Å². The van der Waals surface area contributed by atoms with Gasteiger partial charge in [-0.2, -0.15) is 0 Å². The van der Waals surface area contributed by atoms with E-state index in [1.165, 1.54) is 12.7 Å². The highest BCUT2D eigenvalue weighted by atomic mass is 35.5. The molecular weight excluding hydrogens is 422 g/mol. The number of nitrogens with zero attached hydrogens (tertiary/aromatic N) is 3. The van der Waals surface area contributed by atoms with Gasteiger partial charge in [-0.15, -0.1) is 21.5 Å². The van der Waals surface area contributed by atoms with E-state index in [4.69, 9.17) is 21.1 Å². The van der Waals surface area contributed by atoms with Crippen molar-refractivity contribution in [3.05, 3.63) is 71.0 Å². The first-order valence-corrected chi connectivity index (χ1v) is 10.5. The van der Waals surface area contributed by atoms with E-state index >= 15 is 0 Å². The zero-order valence-electron chi connectivity index (χ0n) is 16.0. The maximum Gasteiger partial charge on any atom is 0.337 e. The van der Waals surface area contributed by atoms with Gasteiger partial charge in [0.2, 0.25) is 0 Å². The lowest BCUT2D eigenvalue weighted by atomic mass is 10.1. The van der Waals surface area contributed by atoms with Gasteiger partial charge in [0.15, 0.2) is 5.82 Å². The summed E-state index contributed by atoms with van der Waals surface area (Å²) in [6.07, 6.45) is 2.43. The van der Waals surface area contributed by atoms with Crippen LogP contribution in [0.4, 0.5) is 0 Å². The third kappa shape index (κ3) is 3.16. The molecule has 0 radical (unpaired) electrons. The van der Waals surface area contributed by atoms with Gasteiger partial charge in [-0.25, -0.2) is 4.79 Å². The molecule has 0 atom stereocenters. The molecular formula is C22H16ClN3O3S. The van der Waals surface area contributed by atoms with Crippen molar-refractivity contribution in [3.8, 4) is 32.6 Å². The summed E-state index contributed by atoms with van der Waals surface area (Å²) in [5.74, 6) is 1.03. The van der Waals surface area contributed by atoms with Gasteiger partial charge in [-0.1, -0.05) is 23.7 Å². The summed E-state index contributed by atoms with van der Waals surface area (Å²) in [6, 6.07) is 15.1. The Kier molecular flexibility index (Phi) is 4.77. The van der Waals surface area contributed by atoms with E-state index < -0.39 is 0 Å². The number of fused-ring (bicyclic) bond motifs is 3. The minimum Gasteiger partial charge on any atom is -0.493 e. The van der Waals surface area contributed by atoms with Crippen LogP contribution < -0.4 is 4.74 Å². The second-order valence-electron chi connectivity index (χ2n) is 6.74. The van der Waals surface area contributed by atoms with Crippen molar-refractivity contribution in [1.82, 2.24) is 14.8 Å². The van der Waals surface area contributed by atoms with Crippen molar-refractivity contribution >= 4 is 28.9 Å². The van der Waals surface area contributed by atoms with Crippen molar-refractivity contribution in [1.29, 1.82) is 0 Å². The van der Waals surface area contributed by atoms with E-state index in [1.54, 1.807) is 29.8 Å².